The average molecular weight is 215 g/mol. The zero-order chi connectivity index (χ0) is 11.3. The number of carbonyl (C=O) groups is 1. The van der Waals surface area contributed by atoms with Gasteiger partial charge in [0.2, 0.25) is 5.91 Å². The molecule has 1 atom stereocenters. The van der Waals surface area contributed by atoms with Gasteiger partial charge in [0.25, 0.3) is 0 Å². The summed E-state index contributed by atoms with van der Waals surface area (Å²) in [6.45, 7) is 4.86. The van der Waals surface area contributed by atoms with Gasteiger partial charge in [-0.25, -0.2) is 0 Å². The molecule has 0 radical (unpaired) electrons. The molecule has 0 spiro atoms. The molecule has 2 N–H and O–H groups in total. The van der Waals surface area contributed by atoms with Gasteiger partial charge < -0.3 is 15.2 Å². The summed E-state index contributed by atoms with van der Waals surface area (Å²) < 4.78 is 5.57. The molecule has 0 aliphatic carbocycles. The number of aliphatic hydroxyl groups excluding tert-OH is 1. The Hall–Kier alpha value is -0.610. The van der Waals surface area contributed by atoms with Crippen molar-refractivity contribution in [3.63, 3.8) is 0 Å². The van der Waals surface area contributed by atoms with Crippen molar-refractivity contribution in [2.24, 2.45) is 0 Å². The van der Waals surface area contributed by atoms with E-state index in [0.29, 0.717) is 19.4 Å². The summed E-state index contributed by atoms with van der Waals surface area (Å²) in [6.07, 6.45) is 2.69. The Morgan fingerprint density at radius 2 is 2.33 bits per heavy atom. The van der Waals surface area contributed by atoms with Crippen LogP contribution >= 0.6 is 0 Å². The van der Waals surface area contributed by atoms with Gasteiger partial charge in [0.15, 0.2) is 0 Å². The van der Waals surface area contributed by atoms with Gasteiger partial charge in [-0.1, -0.05) is 0 Å². The number of aliphatic hydroxyl groups is 1. The van der Waals surface area contributed by atoms with Crippen LogP contribution in [0.3, 0.4) is 0 Å². The molecule has 4 heteroatoms. The molecule has 0 aromatic carbocycles. The summed E-state index contributed by atoms with van der Waals surface area (Å²) in [5.74, 6) is 0.0340. The van der Waals surface area contributed by atoms with Crippen molar-refractivity contribution in [3.05, 3.63) is 0 Å². The lowest BCUT2D eigenvalue weighted by molar-refractivity contribution is -0.124. The van der Waals surface area contributed by atoms with Gasteiger partial charge in [-0.2, -0.15) is 0 Å². The highest BCUT2D eigenvalue weighted by molar-refractivity contribution is 5.76. The van der Waals surface area contributed by atoms with E-state index in [2.05, 4.69) is 5.32 Å². The first-order valence-corrected chi connectivity index (χ1v) is 5.58. The SMILES string of the molecule is CC1(C)CC(NC(=O)CCCO)CCO1. The molecule has 1 unspecified atom stereocenters. The molecule has 1 aliphatic heterocycles. The largest absolute Gasteiger partial charge is 0.396 e. The van der Waals surface area contributed by atoms with Crippen LogP contribution in [0.15, 0.2) is 0 Å². The minimum Gasteiger partial charge on any atom is -0.396 e. The lowest BCUT2D eigenvalue weighted by atomic mass is 9.94. The highest BCUT2D eigenvalue weighted by atomic mass is 16.5. The fourth-order valence-electron chi connectivity index (χ4n) is 1.89. The zero-order valence-corrected chi connectivity index (χ0v) is 9.58. The van der Waals surface area contributed by atoms with Crippen LogP contribution in [0.4, 0.5) is 0 Å². The Kier molecular flexibility index (Phi) is 4.54. The third-order valence-electron chi connectivity index (χ3n) is 2.62. The van der Waals surface area contributed by atoms with Gasteiger partial charge in [0.05, 0.1) is 5.60 Å². The van der Waals surface area contributed by atoms with Crippen LogP contribution in [0, 0.1) is 0 Å². The number of amides is 1. The maximum absolute atomic E-state index is 11.4. The Morgan fingerprint density at radius 3 is 2.93 bits per heavy atom. The smallest absolute Gasteiger partial charge is 0.220 e. The second-order valence-electron chi connectivity index (χ2n) is 4.69. The van der Waals surface area contributed by atoms with Crippen LogP contribution in [0.2, 0.25) is 0 Å². The van der Waals surface area contributed by atoms with Gasteiger partial charge in [0, 0.05) is 25.7 Å². The molecule has 1 saturated heterocycles. The number of ether oxygens (including phenoxy) is 1. The first kappa shape index (κ1) is 12.5. The third kappa shape index (κ3) is 4.62. The summed E-state index contributed by atoms with van der Waals surface area (Å²) in [5.41, 5.74) is -0.132. The van der Waals surface area contributed by atoms with E-state index in [4.69, 9.17) is 9.84 Å². The van der Waals surface area contributed by atoms with Crippen molar-refractivity contribution >= 4 is 5.91 Å². The van der Waals surface area contributed by atoms with Crippen LogP contribution in [0.25, 0.3) is 0 Å². The Morgan fingerprint density at radius 1 is 1.60 bits per heavy atom. The molecule has 0 aromatic rings. The van der Waals surface area contributed by atoms with E-state index in [1.807, 2.05) is 13.8 Å². The Bertz CT molecular complexity index is 216. The van der Waals surface area contributed by atoms with Crippen LogP contribution in [0.5, 0.6) is 0 Å². The summed E-state index contributed by atoms with van der Waals surface area (Å²) in [6, 6.07) is 0.222. The molecule has 88 valence electrons. The lowest BCUT2D eigenvalue weighted by Crippen LogP contribution is -2.45. The topological polar surface area (TPSA) is 58.6 Å². The summed E-state index contributed by atoms with van der Waals surface area (Å²) in [5, 5.41) is 11.6. The van der Waals surface area contributed by atoms with E-state index in [-0.39, 0.29) is 24.2 Å². The molecule has 1 heterocycles. The van der Waals surface area contributed by atoms with Crippen molar-refractivity contribution in [1.29, 1.82) is 0 Å². The molecule has 1 amide bonds. The molecule has 4 nitrogen and oxygen atoms in total. The molecule has 1 rings (SSSR count). The molecule has 1 aliphatic rings. The summed E-state index contributed by atoms with van der Waals surface area (Å²) in [4.78, 5) is 11.4. The standard InChI is InChI=1S/C11H21NO3/c1-11(2)8-9(5-7-15-11)12-10(14)4-3-6-13/h9,13H,3-8H2,1-2H3,(H,12,14). The van der Waals surface area contributed by atoms with Gasteiger partial charge in [-0.15, -0.1) is 0 Å². The number of hydrogen-bond donors (Lipinski definition) is 2. The van der Waals surface area contributed by atoms with Crippen molar-refractivity contribution in [1.82, 2.24) is 5.32 Å². The van der Waals surface area contributed by atoms with E-state index in [1.165, 1.54) is 0 Å². The Labute approximate surface area is 91.0 Å². The number of rotatable bonds is 4. The van der Waals surface area contributed by atoms with E-state index in [0.717, 1.165) is 12.8 Å². The normalized spacial score (nSPS) is 24.9. The number of nitrogens with one attached hydrogen (secondary N) is 1. The second kappa shape index (κ2) is 5.47. The van der Waals surface area contributed by atoms with Crippen LogP contribution < -0.4 is 5.32 Å². The molecule has 0 saturated carbocycles. The van der Waals surface area contributed by atoms with Crippen molar-refractivity contribution < 1.29 is 14.6 Å². The van der Waals surface area contributed by atoms with Gasteiger partial charge in [-0.3, -0.25) is 4.79 Å². The fraction of sp³-hybridized carbons (Fsp3) is 0.909. The Balaban J connectivity index is 2.28. The average Bonchev–Trinajstić information content (AvgIpc) is 2.13. The molecule has 0 aromatic heterocycles. The van der Waals surface area contributed by atoms with Crippen molar-refractivity contribution in [2.75, 3.05) is 13.2 Å². The van der Waals surface area contributed by atoms with E-state index < -0.39 is 0 Å². The minimum absolute atomic E-state index is 0.0340. The van der Waals surface area contributed by atoms with Crippen LogP contribution in [-0.4, -0.2) is 35.9 Å². The van der Waals surface area contributed by atoms with E-state index >= 15 is 0 Å². The van der Waals surface area contributed by atoms with Crippen LogP contribution in [0.1, 0.15) is 39.5 Å². The predicted octanol–water partition coefficient (Wildman–Crippen LogP) is 0.833. The first-order chi connectivity index (χ1) is 7.03. The molecule has 15 heavy (non-hydrogen) atoms. The minimum atomic E-state index is -0.132. The third-order valence-corrected chi connectivity index (χ3v) is 2.62. The monoisotopic (exact) mass is 215 g/mol. The van der Waals surface area contributed by atoms with Gasteiger partial charge in [-0.05, 0) is 33.1 Å². The lowest BCUT2D eigenvalue weighted by Gasteiger charge is -2.35. The molecule has 0 bridgehead atoms. The number of hydrogen-bond acceptors (Lipinski definition) is 3. The molecule has 1 fully saturated rings. The summed E-state index contributed by atoms with van der Waals surface area (Å²) >= 11 is 0. The number of carbonyl (C=O) groups excluding carboxylic acids is 1. The van der Waals surface area contributed by atoms with E-state index in [1.54, 1.807) is 0 Å². The zero-order valence-electron chi connectivity index (χ0n) is 9.58. The quantitative estimate of drug-likeness (QED) is 0.730. The fourth-order valence-corrected chi connectivity index (χ4v) is 1.89. The van der Waals surface area contributed by atoms with E-state index in [9.17, 15) is 4.79 Å². The maximum atomic E-state index is 11.4. The van der Waals surface area contributed by atoms with Crippen LogP contribution in [-0.2, 0) is 9.53 Å². The second-order valence-corrected chi connectivity index (χ2v) is 4.69. The summed E-state index contributed by atoms with van der Waals surface area (Å²) in [7, 11) is 0. The molecular formula is C11H21NO3. The first-order valence-electron chi connectivity index (χ1n) is 5.58. The predicted molar refractivity (Wildman–Crippen MR) is 57.5 cm³/mol. The molecular weight excluding hydrogens is 194 g/mol. The van der Waals surface area contributed by atoms with Crippen molar-refractivity contribution in [2.45, 2.75) is 51.2 Å². The van der Waals surface area contributed by atoms with Crippen molar-refractivity contribution in [3.8, 4) is 0 Å². The highest BCUT2D eigenvalue weighted by Crippen LogP contribution is 2.23. The van der Waals surface area contributed by atoms with Gasteiger partial charge >= 0.3 is 0 Å². The van der Waals surface area contributed by atoms with Gasteiger partial charge in [0.1, 0.15) is 0 Å². The maximum Gasteiger partial charge on any atom is 0.220 e. The highest BCUT2D eigenvalue weighted by Gasteiger charge is 2.29.